The first kappa shape index (κ1) is 20.6. The van der Waals surface area contributed by atoms with Gasteiger partial charge < -0.3 is 9.64 Å². The van der Waals surface area contributed by atoms with Crippen LogP contribution in [0.2, 0.25) is 5.02 Å². The second kappa shape index (κ2) is 8.89. The molecule has 1 aliphatic rings. The molecule has 1 fully saturated rings. The third-order valence-electron chi connectivity index (χ3n) is 4.81. The van der Waals surface area contributed by atoms with Gasteiger partial charge in [-0.15, -0.1) is 0 Å². The molecule has 7 nitrogen and oxygen atoms in total. The SMILES string of the molecule is COc1ccc(S(=O)(=O)NCC2CCN(C(=O)c3cccnc3)CC2)cc1Cl. The van der Waals surface area contributed by atoms with E-state index in [1.165, 1.54) is 25.3 Å². The minimum absolute atomic E-state index is 0.0417. The van der Waals surface area contributed by atoms with Crippen molar-refractivity contribution in [3.05, 3.63) is 53.3 Å². The van der Waals surface area contributed by atoms with Crippen molar-refractivity contribution in [3.8, 4) is 5.75 Å². The normalized spacial score (nSPS) is 15.4. The number of hydrogen-bond donors (Lipinski definition) is 1. The highest BCUT2D eigenvalue weighted by Gasteiger charge is 2.25. The smallest absolute Gasteiger partial charge is 0.255 e. The summed E-state index contributed by atoms with van der Waals surface area (Å²) in [5, 5.41) is 0.243. The van der Waals surface area contributed by atoms with Crippen LogP contribution in [0.1, 0.15) is 23.2 Å². The molecular weight excluding hydrogens is 402 g/mol. The number of benzene rings is 1. The van der Waals surface area contributed by atoms with Crippen molar-refractivity contribution in [1.82, 2.24) is 14.6 Å². The molecule has 1 aromatic heterocycles. The molecule has 0 radical (unpaired) electrons. The van der Waals surface area contributed by atoms with Crippen LogP contribution in [0.4, 0.5) is 0 Å². The number of halogens is 1. The monoisotopic (exact) mass is 423 g/mol. The lowest BCUT2D eigenvalue weighted by molar-refractivity contribution is 0.0691. The third kappa shape index (κ3) is 4.81. The summed E-state index contributed by atoms with van der Waals surface area (Å²) in [5.41, 5.74) is 0.568. The number of amides is 1. The fourth-order valence-corrected chi connectivity index (χ4v) is 4.60. The van der Waals surface area contributed by atoms with Crippen molar-refractivity contribution in [2.75, 3.05) is 26.7 Å². The Kier molecular flexibility index (Phi) is 6.53. The zero-order valence-corrected chi connectivity index (χ0v) is 17.0. The summed E-state index contributed by atoms with van der Waals surface area (Å²) in [6.07, 6.45) is 4.66. The van der Waals surface area contributed by atoms with Gasteiger partial charge in [0, 0.05) is 32.0 Å². The van der Waals surface area contributed by atoms with Crippen LogP contribution in [-0.2, 0) is 10.0 Å². The predicted octanol–water partition coefficient (Wildman–Crippen LogP) is 2.57. The number of methoxy groups -OCH3 is 1. The number of aromatic nitrogens is 1. The van der Waals surface area contributed by atoms with E-state index >= 15 is 0 Å². The van der Waals surface area contributed by atoms with Gasteiger partial charge in [0.05, 0.1) is 22.6 Å². The Morgan fingerprint density at radius 1 is 1.32 bits per heavy atom. The minimum atomic E-state index is -3.66. The summed E-state index contributed by atoms with van der Waals surface area (Å²) in [7, 11) is -2.19. The Bertz CT molecular complexity index is 929. The fourth-order valence-electron chi connectivity index (χ4n) is 3.14. The van der Waals surface area contributed by atoms with E-state index in [1.54, 1.807) is 29.4 Å². The second-order valence-electron chi connectivity index (χ2n) is 6.63. The van der Waals surface area contributed by atoms with Gasteiger partial charge in [-0.3, -0.25) is 9.78 Å². The van der Waals surface area contributed by atoms with E-state index < -0.39 is 10.0 Å². The zero-order chi connectivity index (χ0) is 20.1. The molecule has 0 atom stereocenters. The minimum Gasteiger partial charge on any atom is -0.495 e. The van der Waals surface area contributed by atoms with Gasteiger partial charge in [-0.2, -0.15) is 0 Å². The van der Waals surface area contributed by atoms with E-state index in [2.05, 4.69) is 9.71 Å². The standard InChI is InChI=1S/C19H22ClN3O4S/c1-27-18-5-4-16(11-17(18)20)28(25,26)22-12-14-6-9-23(10-7-14)19(24)15-3-2-8-21-13-15/h2-5,8,11,13-14,22H,6-7,9-10,12H2,1H3. The molecule has 1 aliphatic heterocycles. The summed E-state index contributed by atoms with van der Waals surface area (Å²) < 4.78 is 32.7. The number of pyridine rings is 1. The third-order valence-corrected chi connectivity index (χ3v) is 6.52. The Hall–Kier alpha value is -2.16. The van der Waals surface area contributed by atoms with Gasteiger partial charge in [0.1, 0.15) is 5.75 Å². The molecule has 0 aliphatic carbocycles. The van der Waals surface area contributed by atoms with E-state index in [-0.39, 0.29) is 21.7 Å². The first-order valence-electron chi connectivity index (χ1n) is 8.93. The molecule has 0 bridgehead atoms. The number of carbonyl (C=O) groups is 1. The van der Waals surface area contributed by atoms with Gasteiger partial charge in [0.15, 0.2) is 0 Å². The van der Waals surface area contributed by atoms with Gasteiger partial charge >= 0.3 is 0 Å². The fraction of sp³-hybridized carbons (Fsp3) is 0.368. The van der Waals surface area contributed by atoms with Crippen LogP contribution in [0.25, 0.3) is 0 Å². The maximum absolute atomic E-state index is 12.5. The summed E-state index contributed by atoms with van der Waals surface area (Å²) in [6.45, 7) is 1.50. The summed E-state index contributed by atoms with van der Waals surface area (Å²) >= 11 is 6.02. The van der Waals surface area contributed by atoms with Crippen molar-refractivity contribution in [3.63, 3.8) is 0 Å². The Labute approximate surface area is 169 Å². The lowest BCUT2D eigenvalue weighted by Gasteiger charge is -2.32. The van der Waals surface area contributed by atoms with Crippen molar-refractivity contribution in [2.24, 2.45) is 5.92 Å². The number of nitrogens with zero attached hydrogens (tertiary/aromatic N) is 2. The number of likely N-dealkylation sites (tertiary alicyclic amines) is 1. The number of nitrogens with one attached hydrogen (secondary N) is 1. The van der Waals surface area contributed by atoms with Gasteiger partial charge in [0.2, 0.25) is 10.0 Å². The number of sulfonamides is 1. The predicted molar refractivity (Wildman–Crippen MR) is 106 cm³/mol. The molecule has 2 heterocycles. The Morgan fingerprint density at radius 2 is 2.07 bits per heavy atom. The average molecular weight is 424 g/mol. The molecule has 9 heteroatoms. The van der Waals surface area contributed by atoms with Crippen LogP contribution in [0, 0.1) is 5.92 Å². The Balaban J connectivity index is 1.53. The highest BCUT2D eigenvalue weighted by molar-refractivity contribution is 7.89. The number of carbonyl (C=O) groups excluding carboxylic acids is 1. The molecule has 28 heavy (non-hydrogen) atoms. The summed E-state index contributed by atoms with van der Waals surface area (Å²) in [5.74, 6) is 0.549. The van der Waals surface area contributed by atoms with Gasteiger partial charge in [-0.1, -0.05) is 11.6 Å². The Morgan fingerprint density at radius 3 is 2.68 bits per heavy atom. The van der Waals surface area contributed by atoms with E-state index in [9.17, 15) is 13.2 Å². The van der Waals surface area contributed by atoms with Gasteiger partial charge in [0.25, 0.3) is 5.91 Å². The first-order valence-corrected chi connectivity index (χ1v) is 10.8. The maximum Gasteiger partial charge on any atom is 0.255 e. The van der Waals surface area contributed by atoms with Crippen LogP contribution < -0.4 is 9.46 Å². The topological polar surface area (TPSA) is 88.6 Å². The molecule has 1 amide bonds. The van der Waals surface area contributed by atoms with Crippen molar-refractivity contribution >= 4 is 27.5 Å². The number of hydrogen-bond acceptors (Lipinski definition) is 5. The zero-order valence-electron chi connectivity index (χ0n) is 15.5. The highest BCUT2D eigenvalue weighted by atomic mass is 35.5. The highest BCUT2D eigenvalue weighted by Crippen LogP contribution is 2.27. The molecule has 150 valence electrons. The molecule has 0 saturated carbocycles. The number of ether oxygens (including phenoxy) is 1. The molecule has 1 aromatic carbocycles. The van der Waals surface area contributed by atoms with Crippen molar-refractivity contribution in [2.45, 2.75) is 17.7 Å². The molecule has 1 N–H and O–H groups in total. The quantitative estimate of drug-likeness (QED) is 0.771. The largest absolute Gasteiger partial charge is 0.495 e. The van der Waals surface area contributed by atoms with Gasteiger partial charge in [-0.05, 0) is 49.1 Å². The molecule has 1 saturated heterocycles. The number of piperidine rings is 1. The van der Waals surface area contributed by atoms with Gasteiger partial charge in [-0.25, -0.2) is 13.1 Å². The van der Waals surface area contributed by atoms with E-state index in [0.29, 0.717) is 30.9 Å². The van der Waals surface area contributed by atoms with E-state index in [4.69, 9.17) is 16.3 Å². The second-order valence-corrected chi connectivity index (χ2v) is 8.80. The number of rotatable bonds is 6. The van der Waals surface area contributed by atoms with Crippen LogP contribution >= 0.6 is 11.6 Å². The van der Waals surface area contributed by atoms with Crippen LogP contribution in [-0.4, -0.2) is 51.0 Å². The first-order chi connectivity index (χ1) is 13.4. The maximum atomic E-state index is 12.5. The lowest BCUT2D eigenvalue weighted by atomic mass is 9.97. The molecule has 0 spiro atoms. The molecule has 3 rings (SSSR count). The molecule has 0 unspecified atom stereocenters. The van der Waals surface area contributed by atoms with Crippen molar-refractivity contribution in [1.29, 1.82) is 0 Å². The average Bonchev–Trinajstić information content (AvgIpc) is 2.72. The van der Waals surface area contributed by atoms with Crippen molar-refractivity contribution < 1.29 is 17.9 Å². The summed E-state index contributed by atoms with van der Waals surface area (Å²) in [4.78, 5) is 18.3. The van der Waals surface area contributed by atoms with Crippen LogP contribution in [0.5, 0.6) is 5.75 Å². The lowest BCUT2D eigenvalue weighted by Crippen LogP contribution is -2.41. The molecular formula is C19H22ClN3O4S. The van der Waals surface area contributed by atoms with Crippen LogP contribution in [0.15, 0.2) is 47.6 Å². The van der Waals surface area contributed by atoms with E-state index in [1.807, 2.05) is 0 Å². The van der Waals surface area contributed by atoms with E-state index in [0.717, 1.165) is 12.8 Å². The summed E-state index contributed by atoms with van der Waals surface area (Å²) in [6, 6.07) is 7.84. The van der Waals surface area contributed by atoms with Crippen LogP contribution in [0.3, 0.4) is 0 Å². The molecule has 2 aromatic rings.